The van der Waals surface area contributed by atoms with Crippen LogP contribution < -0.4 is 5.32 Å². The molecule has 2 aliphatic rings. The van der Waals surface area contributed by atoms with Gasteiger partial charge in [-0.15, -0.1) is 0 Å². The fourth-order valence-electron chi connectivity index (χ4n) is 4.60. The maximum atomic E-state index is 12.1. The molecule has 0 saturated heterocycles. The minimum atomic E-state index is 0.248. The summed E-state index contributed by atoms with van der Waals surface area (Å²) in [7, 11) is 0. The highest BCUT2D eigenvalue weighted by molar-refractivity contribution is 5.76. The fourth-order valence-corrected chi connectivity index (χ4v) is 4.60. The minimum Gasteiger partial charge on any atom is -0.356 e. The Morgan fingerprint density at radius 2 is 2.17 bits per heavy atom. The summed E-state index contributed by atoms with van der Waals surface area (Å²) in [6, 6.07) is 8.17. The minimum absolute atomic E-state index is 0.248. The average Bonchev–Trinajstić information content (AvgIpc) is 3.27. The second-order valence-corrected chi connectivity index (χ2v) is 7.27. The van der Waals surface area contributed by atoms with Gasteiger partial charge < -0.3 is 9.88 Å². The average molecular weight is 311 g/mol. The molecule has 3 unspecified atom stereocenters. The molecule has 3 atom stereocenters. The Labute approximate surface area is 137 Å². The number of amides is 1. The Hall–Kier alpha value is -1.84. The van der Waals surface area contributed by atoms with Crippen molar-refractivity contribution in [3.05, 3.63) is 30.6 Å². The molecular weight excluding hydrogens is 286 g/mol. The predicted octanol–water partition coefficient (Wildman–Crippen LogP) is 3.37. The Kier molecular flexibility index (Phi) is 4.06. The van der Waals surface area contributed by atoms with Crippen LogP contribution >= 0.6 is 0 Å². The molecule has 2 saturated carbocycles. The highest BCUT2D eigenvalue weighted by Gasteiger charge is 2.39. The number of aryl methyl sites for hydroxylation is 1. The van der Waals surface area contributed by atoms with Crippen LogP contribution in [0.25, 0.3) is 11.0 Å². The first-order chi connectivity index (χ1) is 11.3. The largest absolute Gasteiger partial charge is 0.356 e. The molecule has 2 fully saturated rings. The number of benzene rings is 1. The second kappa shape index (κ2) is 6.34. The molecule has 23 heavy (non-hydrogen) atoms. The summed E-state index contributed by atoms with van der Waals surface area (Å²) in [5.74, 6) is 2.67. The number of hydrogen-bond acceptors (Lipinski definition) is 2. The van der Waals surface area contributed by atoms with Crippen molar-refractivity contribution in [1.82, 2.24) is 14.9 Å². The van der Waals surface area contributed by atoms with E-state index in [4.69, 9.17) is 0 Å². The highest BCUT2D eigenvalue weighted by atomic mass is 16.1. The lowest BCUT2D eigenvalue weighted by molar-refractivity contribution is -0.122. The van der Waals surface area contributed by atoms with Crippen LogP contribution in [0.1, 0.15) is 38.5 Å². The summed E-state index contributed by atoms with van der Waals surface area (Å²) in [5, 5.41) is 3.11. The molecule has 1 amide bonds. The number of carbonyl (C=O) groups is 1. The van der Waals surface area contributed by atoms with E-state index in [1.165, 1.54) is 31.2 Å². The smallest absolute Gasteiger partial charge is 0.220 e. The molecule has 0 radical (unpaired) electrons. The lowest BCUT2D eigenvalue weighted by atomic mass is 9.86. The van der Waals surface area contributed by atoms with Crippen LogP contribution in [-0.2, 0) is 11.3 Å². The third-order valence-electron chi connectivity index (χ3n) is 5.76. The van der Waals surface area contributed by atoms with Crippen LogP contribution in [-0.4, -0.2) is 22.0 Å². The van der Waals surface area contributed by atoms with Gasteiger partial charge in [0.05, 0.1) is 17.4 Å². The molecule has 4 heteroatoms. The van der Waals surface area contributed by atoms with E-state index in [0.717, 1.165) is 43.3 Å². The zero-order chi connectivity index (χ0) is 15.6. The van der Waals surface area contributed by atoms with Gasteiger partial charge in [-0.05, 0) is 55.6 Å². The summed E-state index contributed by atoms with van der Waals surface area (Å²) < 4.78 is 2.16. The summed E-state index contributed by atoms with van der Waals surface area (Å²) in [6.45, 7) is 1.65. The third-order valence-corrected chi connectivity index (χ3v) is 5.76. The zero-order valence-electron chi connectivity index (χ0n) is 13.6. The van der Waals surface area contributed by atoms with Crippen molar-refractivity contribution < 1.29 is 4.79 Å². The van der Waals surface area contributed by atoms with Gasteiger partial charge in [-0.25, -0.2) is 4.98 Å². The Bertz CT molecular complexity index is 693. The zero-order valence-corrected chi connectivity index (χ0v) is 13.6. The summed E-state index contributed by atoms with van der Waals surface area (Å²) in [5.41, 5.74) is 2.20. The van der Waals surface area contributed by atoms with Crippen molar-refractivity contribution in [3.8, 4) is 0 Å². The van der Waals surface area contributed by atoms with Crippen molar-refractivity contribution in [2.75, 3.05) is 6.54 Å². The standard InChI is InChI=1S/C19H25N3O/c23-19(12-16-11-14-6-7-15(16)10-14)20-8-3-9-22-13-21-17-4-1-2-5-18(17)22/h1-2,4-5,13-16H,3,6-12H2,(H,20,23). The summed E-state index contributed by atoms with van der Waals surface area (Å²) in [6.07, 6.45) is 9.02. The topological polar surface area (TPSA) is 46.9 Å². The van der Waals surface area contributed by atoms with Gasteiger partial charge in [-0.3, -0.25) is 4.79 Å². The number of nitrogens with zero attached hydrogens (tertiary/aromatic N) is 2. The van der Waals surface area contributed by atoms with E-state index in [0.29, 0.717) is 5.92 Å². The van der Waals surface area contributed by atoms with Gasteiger partial charge in [-0.2, -0.15) is 0 Å². The molecule has 2 aliphatic carbocycles. The quantitative estimate of drug-likeness (QED) is 0.831. The Morgan fingerprint density at radius 1 is 1.26 bits per heavy atom. The van der Waals surface area contributed by atoms with Gasteiger partial charge in [0.2, 0.25) is 5.91 Å². The molecule has 0 aliphatic heterocycles. The molecule has 0 spiro atoms. The van der Waals surface area contributed by atoms with Crippen molar-refractivity contribution in [2.24, 2.45) is 17.8 Å². The van der Waals surface area contributed by atoms with Crippen LogP contribution in [0.15, 0.2) is 30.6 Å². The number of carbonyl (C=O) groups excluding carboxylic acids is 1. The van der Waals surface area contributed by atoms with E-state index in [1.54, 1.807) is 0 Å². The molecule has 2 bridgehead atoms. The molecule has 2 aromatic rings. The van der Waals surface area contributed by atoms with E-state index >= 15 is 0 Å². The van der Waals surface area contributed by atoms with Crippen LogP contribution in [0.3, 0.4) is 0 Å². The molecule has 1 N–H and O–H groups in total. The lowest BCUT2D eigenvalue weighted by Gasteiger charge is -2.20. The maximum absolute atomic E-state index is 12.1. The summed E-state index contributed by atoms with van der Waals surface area (Å²) in [4.78, 5) is 16.5. The van der Waals surface area contributed by atoms with E-state index in [-0.39, 0.29) is 5.91 Å². The monoisotopic (exact) mass is 311 g/mol. The van der Waals surface area contributed by atoms with Gasteiger partial charge in [0, 0.05) is 19.5 Å². The van der Waals surface area contributed by atoms with Gasteiger partial charge >= 0.3 is 0 Å². The van der Waals surface area contributed by atoms with Crippen molar-refractivity contribution in [3.63, 3.8) is 0 Å². The number of fused-ring (bicyclic) bond motifs is 3. The number of hydrogen-bond donors (Lipinski definition) is 1. The molecule has 122 valence electrons. The maximum Gasteiger partial charge on any atom is 0.220 e. The Morgan fingerprint density at radius 3 is 3.00 bits per heavy atom. The van der Waals surface area contributed by atoms with E-state index in [2.05, 4.69) is 20.9 Å². The summed E-state index contributed by atoms with van der Waals surface area (Å²) >= 11 is 0. The van der Waals surface area contributed by atoms with Gasteiger partial charge in [0.15, 0.2) is 0 Å². The number of nitrogens with one attached hydrogen (secondary N) is 1. The van der Waals surface area contributed by atoms with Crippen molar-refractivity contribution >= 4 is 16.9 Å². The van der Waals surface area contributed by atoms with Crippen LogP contribution in [0, 0.1) is 17.8 Å². The van der Waals surface area contributed by atoms with Crippen LogP contribution in [0.2, 0.25) is 0 Å². The van der Waals surface area contributed by atoms with Crippen molar-refractivity contribution in [2.45, 2.75) is 45.1 Å². The SMILES string of the molecule is O=C(CC1CC2CCC1C2)NCCCn1cnc2ccccc21. The first-order valence-electron chi connectivity index (χ1n) is 8.96. The molecule has 4 nitrogen and oxygen atoms in total. The fraction of sp³-hybridized carbons (Fsp3) is 0.579. The predicted molar refractivity (Wildman–Crippen MR) is 90.9 cm³/mol. The molecule has 1 aromatic heterocycles. The number of imidazole rings is 1. The normalized spacial score (nSPS) is 26.0. The third kappa shape index (κ3) is 3.12. The lowest BCUT2D eigenvalue weighted by Crippen LogP contribution is -2.28. The van der Waals surface area contributed by atoms with Crippen LogP contribution in [0.5, 0.6) is 0 Å². The van der Waals surface area contributed by atoms with E-state index in [1.807, 2.05) is 24.5 Å². The van der Waals surface area contributed by atoms with Crippen LogP contribution in [0.4, 0.5) is 0 Å². The van der Waals surface area contributed by atoms with Gasteiger partial charge in [0.25, 0.3) is 0 Å². The number of rotatable bonds is 6. The van der Waals surface area contributed by atoms with Gasteiger partial charge in [-0.1, -0.05) is 18.6 Å². The molecule has 4 rings (SSSR count). The first kappa shape index (κ1) is 14.7. The first-order valence-corrected chi connectivity index (χ1v) is 8.96. The molecular formula is C19H25N3O. The molecule has 1 aromatic carbocycles. The Balaban J connectivity index is 1.20. The highest BCUT2D eigenvalue weighted by Crippen LogP contribution is 2.49. The van der Waals surface area contributed by atoms with E-state index < -0.39 is 0 Å². The van der Waals surface area contributed by atoms with Crippen molar-refractivity contribution in [1.29, 1.82) is 0 Å². The molecule has 1 heterocycles. The number of aromatic nitrogens is 2. The van der Waals surface area contributed by atoms with Gasteiger partial charge in [0.1, 0.15) is 0 Å². The second-order valence-electron chi connectivity index (χ2n) is 7.27. The van der Waals surface area contributed by atoms with E-state index in [9.17, 15) is 4.79 Å². The number of para-hydroxylation sites is 2.